The summed E-state index contributed by atoms with van der Waals surface area (Å²) < 4.78 is 18.1. The van der Waals surface area contributed by atoms with Gasteiger partial charge in [0, 0.05) is 24.8 Å². The molecule has 1 aromatic carbocycles. The van der Waals surface area contributed by atoms with Crippen molar-refractivity contribution in [3.8, 4) is 23.3 Å². The van der Waals surface area contributed by atoms with Gasteiger partial charge >= 0.3 is 0 Å². The number of allylic oxidation sites excluding steroid dienone is 1. The Bertz CT molecular complexity index is 1100. The summed E-state index contributed by atoms with van der Waals surface area (Å²) in [5.74, 6) is 0.747. The molecule has 0 saturated carbocycles. The maximum absolute atomic E-state index is 13.5. The number of fused-ring (bicyclic) bond motifs is 1. The first kappa shape index (κ1) is 21.3. The van der Waals surface area contributed by atoms with Crippen LogP contribution in [0.1, 0.15) is 22.7 Å². The number of aromatic nitrogens is 1. The zero-order valence-electron chi connectivity index (χ0n) is 17.9. The van der Waals surface area contributed by atoms with Gasteiger partial charge in [0.15, 0.2) is 11.5 Å². The van der Waals surface area contributed by atoms with Gasteiger partial charge in [-0.05, 0) is 38.7 Å². The van der Waals surface area contributed by atoms with Crippen LogP contribution in [0.4, 0.5) is 0 Å². The summed E-state index contributed by atoms with van der Waals surface area (Å²) in [6.07, 6.45) is 0. The molecule has 1 aliphatic rings. The Balaban J connectivity index is 2.25. The lowest BCUT2D eigenvalue weighted by molar-refractivity contribution is 0.354. The third-order valence-corrected chi connectivity index (χ3v) is 5.20. The number of likely N-dealkylation sites (N-methyl/N-ethyl adjacent to an activating group) is 1. The monoisotopic (exact) mass is 410 g/mol. The second-order valence-corrected chi connectivity index (χ2v) is 7.36. The van der Waals surface area contributed by atoms with Crippen molar-refractivity contribution in [2.24, 2.45) is 5.73 Å². The van der Waals surface area contributed by atoms with Crippen LogP contribution in [0.25, 0.3) is 0 Å². The number of benzene rings is 1. The molecule has 0 unspecified atom stereocenters. The molecule has 1 aliphatic heterocycles. The quantitative estimate of drug-likeness (QED) is 0.776. The van der Waals surface area contributed by atoms with Crippen LogP contribution in [0, 0.1) is 18.3 Å². The lowest BCUT2D eigenvalue weighted by Gasteiger charge is -2.28. The fourth-order valence-electron chi connectivity index (χ4n) is 3.63. The molecule has 30 heavy (non-hydrogen) atoms. The maximum Gasteiger partial charge on any atom is 0.258 e. The second kappa shape index (κ2) is 8.51. The summed E-state index contributed by atoms with van der Waals surface area (Å²) in [5.41, 5.74) is 7.89. The van der Waals surface area contributed by atoms with Gasteiger partial charge < -0.3 is 29.4 Å². The van der Waals surface area contributed by atoms with E-state index in [1.807, 2.05) is 25.9 Å². The summed E-state index contributed by atoms with van der Waals surface area (Å²) in [4.78, 5) is 15.5. The number of ether oxygens (including phenoxy) is 3. The molecule has 0 fully saturated rings. The minimum absolute atomic E-state index is 0.00498. The van der Waals surface area contributed by atoms with E-state index in [-0.39, 0.29) is 17.0 Å². The van der Waals surface area contributed by atoms with Crippen molar-refractivity contribution < 1.29 is 14.2 Å². The van der Waals surface area contributed by atoms with Crippen LogP contribution in [-0.4, -0.2) is 44.3 Å². The van der Waals surface area contributed by atoms with Gasteiger partial charge in [-0.15, -0.1) is 0 Å². The number of nitriles is 1. The largest absolute Gasteiger partial charge is 0.493 e. The van der Waals surface area contributed by atoms with E-state index in [1.54, 1.807) is 35.9 Å². The highest BCUT2D eigenvalue weighted by Gasteiger charge is 2.34. The van der Waals surface area contributed by atoms with Crippen molar-refractivity contribution in [1.29, 1.82) is 5.26 Å². The summed E-state index contributed by atoms with van der Waals surface area (Å²) in [6, 6.07) is 9.22. The third kappa shape index (κ3) is 3.72. The lowest BCUT2D eigenvalue weighted by Crippen LogP contribution is -2.34. The number of rotatable bonds is 6. The van der Waals surface area contributed by atoms with E-state index >= 15 is 0 Å². The van der Waals surface area contributed by atoms with Crippen molar-refractivity contribution in [2.45, 2.75) is 19.4 Å². The van der Waals surface area contributed by atoms with Crippen molar-refractivity contribution in [2.75, 3.05) is 34.9 Å². The number of pyridine rings is 1. The molecule has 2 heterocycles. The molecule has 1 aromatic heterocycles. The Morgan fingerprint density at radius 2 is 1.93 bits per heavy atom. The van der Waals surface area contributed by atoms with E-state index in [1.165, 1.54) is 7.11 Å². The Hall–Kier alpha value is -3.44. The summed E-state index contributed by atoms with van der Waals surface area (Å²) in [6.45, 7) is 3.07. The van der Waals surface area contributed by atoms with E-state index in [9.17, 15) is 10.1 Å². The fourth-order valence-corrected chi connectivity index (χ4v) is 3.63. The predicted molar refractivity (Wildman–Crippen MR) is 113 cm³/mol. The zero-order valence-corrected chi connectivity index (χ0v) is 17.9. The average molecular weight is 410 g/mol. The molecule has 158 valence electrons. The normalized spacial score (nSPS) is 15.4. The Labute approximate surface area is 175 Å². The molecule has 0 spiro atoms. The molecular weight excluding hydrogens is 384 g/mol. The van der Waals surface area contributed by atoms with Gasteiger partial charge in [-0.1, -0.05) is 6.07 Å². The predicted octanol–water partition coefficient (Wildman–Crippen LogP) is 1.95. The molecule has 0 saturated heterocycles. The minimum atomic E-state index is -0.669. The van der Waals surface area contributed by atoms with Gasteiger partial charge in [0.2, 0.25) is 5.88 Å². The number of aryl methyl sites for hydroxylation is 1. The van der Waals surface area contributed by atoms with E-state index in [4.69, 9.17) is 19.9 Å². The van der Waals surface area contributed by atoms with Gasteiger partial charge in [-0.2, -0.15) is 5.26 Å². The van der Waals surface area contributed by atoms with Gasteiger partial charge in [-0.25, -0.2) is 0 Å². The van der Waals surface area contributed by atoms with Crippen molar-refractivity contribution in [3.05, 3.63) is 62.9 Å². The Morgan fingerprint density at radius 1 is 1.23 bits per heavy atom. The highest BCUT2D eigenvalue weighted by molar-refractivity contribution is 5.57. The minimum Gasteiger partial charge on any atom is -0.493 e. The van der Waals surface area contributed by atoms with Gasteiger partial charge in [-0.3, -0.25) is 4.79 Å². The van der Waals surface area contributed by atoms with Crippen LogP contribution in [-0.2, 0) is 6.54 Å². The molecule has 1 atom stereocenters. The van der Waals surface area contributed by atoms with E-state index in [0.29, 0.717) is 41.5 Å². The van der Waals surface area contributed by atoms with Crippen LogP contribution in [0.5, 0.6) is 17.2 Å². The maximum atomic E-state index is 13.5. The zero-order chi connectivity index (χ0) is 22.0. The van der Waals surface area contributed by atoms with E-state index in [2.05, 4.69) is 6.07 Å². The molecule has 0 amide bonds. The molecule has 0 aliphatic carbocycles. The van der Waals surface area contributed by atoms with E-state index in [0.717, 1.165) is 5.69 Å². The Morgan fingerprint density at radius 3 is 2.53 bits per heavy atom. The topological polar surface area (TPSA) is 103 Å². The first-order valence-electron chi connectivity index (χ1n) is 9.50. The second-order valence-electron chi connectivity index (χ2n) is 7.36. The summed E-state index contributed by atoms with van der Waals surface area (Å²) >= 11 is 0. The van der Waals surface area contributed by atoms with E-state index < -0.39 is 5.92 Å². The molecule has 8 nitrogen and oxygen atoms in total. The van der Waals surface area contributed by atoms with Gasteiger partial charge in [0.25, 0.3) is 5.56 Å². The first-order chi connectivity index (χ1) is 14.3. The smallest absolute Gasteiger partial charge is 0.258 e. The van der Waals surface area contributed by atoms with Crippen molar-refractivity contribution >= 4 is 0 Å². The number of nitrogens with two attached hydrogens (primary N) is 1. The third-order valence-electron chi connectivity index (χ3n) is 5.20. The summed E-state index contributed by atoms with van der Waals surface area (Å²) in [7, 11) is 6.98. The molecule has 0 bridgehead atoms. The number of nitrogens with zero attached hydrogens (tertiary/aromatic N) is 3. The van der Waals surface area contributed by atoms with Gasteiger partial charge in [0.05, 0.1) is 25.7 Å². The SMILES string of the molecule is COc1ccc([C@H]2C(C#N)=C(N)Oc3cc(C)n(CCN(C)C)c(=O)c32)cc1OC. The molecule has 8 heteroatoms. The summed E-state index contributed by atoms with van der Waals surface area (Å²) in [5, 5.41) is 9.80. The highest BCUT2D eigenvalue weighted by Crippen LogP contribution is 2.42. The van der Waals surface area contributed by atoms with Crippen LogP contribution in [0.3, 0.4) is 0 Å². The average Bonchev–Trinajstić information content (AvgIpc) is 2.71. The molecule has 3 rings (SSSR count). The van der Waals surface area contributed by atoms with Crippen molar-refractivity contribution in [1.82, 2.24) is 9.47 Å². The number of methoxy groups -OCH3 is 2. The highest BCUT2D eigenvalue weighted by atomic mass is 16.5. The van der Waals surface area contributed by atoms with Crippen molar-refractivity contribution in [3.63, 3.8) is 0 Å². The van der Waals surface area contributed by atoms with Crippen LogP contribution < -0.4 is 25.5 Å². The Kier molecular flexibility index (Phi) is 6.04. The van der Waals surface area contributed by atoms with Crippen LogP contribution in [0.15, 0.2) is 40.5 Å². The van der Waals surface area contributed by atoms with Gasteiger partial charge in [0.1, 0.15) is 17.4 Å². The number of hydrogen-bond donors (Lipinski definition) is 1. The van der Waals surface area contributed by atoms with Crippen LogP contribution in [0.2, 0.25) is 0 Å². The molecule has 0 radical (unpaired) electrons. The first-order valence-corrected chi connectivity index (χ1v) is 9.50. The van der Waals surface area contributed by atoms with Crippen LogP contribution >= 0.6 is 0 Å². The number of hydrogen-bond acceptors (Lipinski definition) is 7. The molecule has 2 aromatic rings. The fraction of sp³-hybridized carbons (Fsp3) is 0.364. The standard InChI is InChI=1S/C22H26N4O4/c1-13-10-18-20(22(27)26(13)9-8-25(2)3)19(15(12-23)21(24)30-18)14-6-7-16(28-4)17(11-14)29-5/h6-7,10-11,19H,8-9,24H2,1-5H3/t19-/m0/s1. The molecule has 2 N–H and O–H groups in total. The lowest BCUT2D eigenvalue weighted by atomic mass is 9.84. The molecular formula is C22H26N4O4.